The smallest absolute Gasteiger partial charge is 0.214 e. The SMILES string of the molecule is CN=C(NCCOc1cccc(Br)c1)NCc1nc(C)c(C)o1.I. The Morgan fingerprint density at radius 3 is 2.75 bits per heavy atom. The number of aliphatic imine (C=N–C) groups is 1. The van der Waals surface area contributed by atoms with Crippen LogP contribution < -0.4 is 15.4 Å². The predicted octanol–water partition coefficient (Wildman–Crippen LogP) is 3.42. The van der Waals surface area contributed by atoms with Crippen molar-refractivity contribution in [3.63, 3.8) is 0 Å². The van der Waals surface area contributed by atoms with Crippen LogP contribution in [0, 0.1) is 13.8 Å². The Morgan fingerprint density at radius 2 is 2.12 bits per heavy atom. The molecule has 0 radical (unpaired) electrons. The van der Waals surface area contributed by atoms with Crippen LogP contribution in [0.5, 0.6) is 5.75 Å². The van der Waals surface area contributed by atoms with Gasteiger partial charge in [-0.3, -0.25) is 4.99 Å². The highest BCUT2D eigenvalue weighted by atomic mass is 127. The Hall–Kier alpha value is -1.29. The topological polar surface area (TPSA) is 71.7 Å². The lowest BCUT2D eigenvalue weighted by Crippen LogP contribution is -2.38. The Bertz CT molecular complexity index is 656. The Labute approximate surface area is 167 Å². The second-order valence-electron chi connectivity index (χ2n) is 4.91. The van der Waals surface area contributed by atoms with E-state index in [1.54, 1.807) is 7.05 Å². The number of hydrogen-bond acceptors (Lipinski definition) is 4. The molecule has 0 unspecified atom stereocenters. The highest BCUT2D eigenvalue weighted by Crippen LogP contribution is 2.17. The van der Waals surface area contributed by atoms with Gasteiger partial charge in [-0.1, -0.05) is 22.0 Å². The van der Waals surface area contributed by atoms with Crippen LogP contribution in [0.2, 0.25) is 0 Å². The van der Waals surface area contributed by atoms with Crippen LogP contribution in [-0.4, -0.2) is 31.1 Å². The predicted molar refractivity (Wildman–Crippen MR) is 109 cm³/mol. The first-order valence-electron chi connectivity index (χ1n) is 7.34. The fourth-order valence-corrected chi connectivity index (χ4v) is 2.27. The number of ether oxygens (including phenoxy) is 1. The largest absolute Gasteiger partial charge is 0.492 e. The van der Waals surface area contributed by atoms with Gasteiger partial charge in [0.05, 0.1) is 18.8 Å². The molecule has 0 spiro atoms. The van der Waals surface area contributed by atoms with Gasteiger partial charge in [-0.2, -0.15) is 0 Å². The van der Waals surface area contributed by atoms with Gasteiger partial charge >= 0.3 is 0 Å². The lowest BCUT2D eigenvalue weighted by molar-refractivity contribution is 0.321. The van der Waals surface area contributed by atoms with E-state index in [1.165, 1.54) is 0 Å². The third kappa shape index (κ3) is 6.68. The van der Waals surface area contributed by atoms with Crippen molar-refractivity contribution in [1.82, 2.24) is 15.6 Å². The fourth-order valence-electron chi connectivity index (χ4n) is 1.89. The average molecular weight is 509 g/mol. The van der Waals surface area contributed by atoms with Crippen molar-refractivity contribution in [2.45, 2.75) is 20.4 Å². The number of guanidine groups is 1. The highest BCUT2D eigenvalue weighted by Gasteiger charge is 2.06. The van der Waals surface area contributed by atoms with Crippen molar-refractivity contribution >= 4 is 45.9 Å². The van der Waals surface area contributed by atoms with Crippen molar-refractivity contribution in [3.8, 4) is 5.75 Å². The molecule has 6 nitrogen and oxygen atoms in total. The maximum Gasteiger partial charge on any atom is 0.214 e. The molecule has 0 aliphatic carbocycles. The van der Waals surface area contributed by atoms with E-state index in [2.05, 4.69) is 36.5 Å². The van der Waals surface area contributed by atoms with Crippen molar-refractivity contribution in [2.24, 2.45) is 4.99 Å². The molecule has 0 saturated carbocycles. The van der Waals surface area contributed by atoms with E-state index in [-0.39, 0.29) is 24.0 Å². The van der Waals surface area contributed by atoms with Crippen LogP contribution in [0.25, 0.3) is 0 Å². The van der Waals surface area contributed by atoms with Crippen molar-refractivity contribution < 1.29 is 9.15 Å². The number of rotatable bonds is 6. The van der Waals surface area contributed by atoms with E-state index >= 15 is 0 Å². The summed E-state index contributed by atoms with van der Waals surface area (Å²) >= 11 is 3.42. The van der Waals surface area contributed by atoms with E-state index in [0.717, 1.165) is 21.7 Å². The molecule has 0 amide bonds. The van der Waals surface area contributed by atoms with Gasteiger partial charge in [0.25, 0.3) is 0 Å². The number of benzene rings is 1. The van der Waals surface area contributed by atoms with Gasteiger partial charge in [-0.25, -0.2) is 4.98 Å². The molecule has 0 atom stereocenters. The standard InChI is InChI=1S/C16H21BrN4O2.HI/c1-11-12(2)23-15(21-11)10-20-16(18-3)19-7-8-22-14-6-4-5-13(17)9-14;/h4-6,9H,7-8,10H2,1-3H3,(H2,18,19,20);1H. The number of aryl methyl sites for hydroxylation is 2. The summed E-state index contributed by atoms with van der Waals surface area (Å²) in [5.41, 5.74) is 0.909. The zero-order chi connectivity index (χ0) is 16.7. The van der Waals surface area contributed by atoms with E-state index in [0.29, 0.717) is 31.5 Å². The molecule has 2 rings (SSSR count). The Kier molecular flexibility index (Phi) is 9.12. The monoisotopic (exact) mass is 508 g/mol. The van der Waals surface area contributed by atoms with Crippen molar-refractivity contribution in [2.75, 3.05) is 20.2 Å². The fraction of sp³-hybridized carbons (Fsp3) is 0.375. The summed E-state index contributed by atoms with van der Waals surface area (Å²) in [5, 5.41) is 6.33. The molecule has 0 fully saturated rings. The molecule has 8 heteroatoms. The molecule has 2 N–H and O–H groups in total. The van der Waals surface area contributed by atoms with Gasteiger partial charge in [-0.05, 0) is 32.0 Å². The molecule has 2 aromatic rings. The summed E-state index contributed by atoms with van der Waals surface area (Å²) in [4.78, 5) is 8.47. The molecule has 0 aliphatic heterocycles. The summed E-state index contributed by atoms with van der Waals surface area (Å²) < 4.78 is 12.2. The third-order valence-electron chi connectivity index (χ3n) is 3.16. The molecule has 0 saturated heterocycles. The second-order valence-corrected chi connectivity index (χ2v) is 5.82. The van der Waals surface area contributed by atoms with Gasteiger partial charge in [0.1, 0.15) is 18.1 Å². The second kappa shape index (κ2) is 10.5. The minimum atomic E-state index is 0. The molecule has 1 aromatic carbocycles. The number of aromatic nitrogens is 1. The molecule has 24 heavy (non-hydrogen) atoms. The van der Waals surface area contributed by atoms with E-state index in [9.17, 15) is 0 Å². The zero-order valence-electron chi connectivity index (χ0n) is 13.9. The quantitative estimate of drug-likeness (QED) is 0.271. The summed E-state index contributed by atoms with van der Waals surface area (Å²) in [5.74, 6) is 2.99. The molecular weight excluding hydrogens is 487 g/mol. The number of hydrogen-bond donors (Lipinski definition) is 2. The summed E-state index contributed by atoms with van der Waals surface area (Å²) in [6, 6.07) is 7.75. The van der Waals surface area contributed by atoms with Gasteiger partial charge < -0.3 is 19.8 Å². The number of oxazole rings is 1. The first-order valence-corrected chi connectivity index (χ1v) is 8.13. The number of halogens is 2. The average Bonchev–Trinajstić information content (AvgIpc) is 2.85. The summed E-state index contributed by atoms with van der Waals surface area (Å²) in [6.45, 7) is 5.48. The van der Waals surface area contributed by atoms with Crippen molar-refractivity contribution in [1.29, 1.82) is 0 Å². The molecule has 0 aliphatic rings. The Balaban J connectivity index is 0.00000288. The van der Waals surface area contributed by atoms with Crippen LogP contribution >= 0.6 is 39.9 Å². The normalized spacial score (nSPS) is 10.9. The molecule has 1 aromatic heterocycles. The highest BCUT2D eigenvalue weighted by molar-refractivity contribution is 14.0. The van der Waals surface area contributed by atoms with Gasteiger partial charge in [0.2, 0.25) is 5.89 Å². The first kappa shape index (κ1) is 20.8. The van der Waals surface area contributed by atoms with E-state index < -0.39 is 0 Å². The Morgan fingerprint density at radius 1 is 1.33 bits per heavy atom. The van der Waals surface area contributed by atoms with E-state index in [1.807, 2.05) is 38.1 Å². The third-order valence-corrected chi connectivity index (χ3v) is 3.66. The van der Waals surface area contributed by atoms with Crippen LogP contribution in [0.4, 0.5) is 0 Å². The minimum absolute atomic E-state index is 0. The van der Waals surface area contributed by atoms with E-state index in [4.69, 9.17) is 9.15 Å². The summed E-state index contributed by atoms with van der Waals surface area (Å²) in [7, 11) is 1.72. The minimum Gasteiger partial charge on any atom is -0.492 e. The molecule has 0 bridgehead atoms. The molecule has 132 valence electrons. The first-order chi connectivity index (χ1) is 11.1. The summed E-state index contributed by atoms with van der Waals surface area (Å²) in [6.07, 6.45) is 0. The number of nitrogens with one attached hydrogen (secondary N) is 2. The maximum absolute atomic E-state index is 5.66. The van der Waals surface area contributed by atoms with Crippen LogP contribution in [0.15, 0.2) is 38.1 Å². The number of nitrogens with zero attached hydrogens (tertiary/aromatic N) is 2. The molecular formula is C16H22BrIN4O2. The maximum atomic E-state index is 5.66. The lowest BCUT2D eigenvalue weighted by Gasteiger charge is -2.11. The van der Waals surface area contributed by atoms with Gasteiger partial charge in [0.15, 0.2) is 5.96 Å². The molecule has 1 heterocycles. The lowest BCUT2D eigenvalue weighted by atomic mass is 10.3. The van der Waals surface area contributed by atoms with Crippen LogP contribution in [0.3, 0.4) is 0 Å². The zero-order valence-corrected chi connectivity index (χ0v) is 17.8. The van der Waals surface area contributed by atoms with Crippen LogP contribution in [-0.2, 0) is 6.54 Å². The van der Waals surface area contributed by atoms with Gasteiger partial charge in [-0.15, -0.1) is 24.0 Å². The van der Waals surface area contributed by atoms with Crippen molar-refractivity contribution in [3.05, 3.63) is 46.1 Å². The van der Waals surface area contributed by atoms with Gasteiger partial charge in [0, 0.05) is 11.5 Å². The van der Waals surface area contributed by atoms with Crippen LogP contribution in [0.1, 0.15) is 17.3 Å².